The van der Waals surface area contributed by atoms with Gasteiger partial charge in [0.1, 0.15) is 0 Å². The number of nitrogens with zero attached hydrogens (tertiary/aromatic N) is 4. The van der Waals surface area contributed by atoms with Crippen molar-refractivity contribution in [1.82, 2.24) is 20.2 Å². The number of hydrogen-bond donors (Lipinski definition) is 1. The summed E-state index contributed by atoms with van der Waals surface area (Å²) in [5.41, 5.74) is 0. The molecule has 0 unspecified atom stereocenters. The van der Waals surface area contributed by atoms with E-state index in [0.717, 1.165) is 51.8 Å². The van der Waals surface area contributed by atoms with Crippen molar-refractivity contribution < 1.29 is 0 Å². The maximum absolute atomic E-state index is 4.29. The summed E-state index contributed by atoms with van der Waals surface area (Å²) in [5.74, 6) is 0.849. The predicted octanol–water partition coefficient (Wildman–Crippen LogP) is 0.374. The average molecular weight is 247 g/mol. The fourth-order valence-corrected chi connectivity index (χ4v) is 2.07. The second kappa shape index (κ2) is 7.08. The summed E-state index contributed by atoms with van der Waals surface area (Å²) in [6, 6.07) is 1.85. The van der Waals surface area contributed by atoms with Gasteiger partial charge in [0.25, 0.3) is 0 Å². The maximum Gasteiger partial charge on any atom is 0.225 e. The lowest BCUT2D eigenvalue weighted by atomic mass is 10.3. The summed E-state index contributed by atoms with van der Waals surface area (Å²) < 4.78 is 0. The van der Waals surface area contributed by atoms with Crippen LogP contribution in [0.1, 0.15) is 0 Å². The molecular formula is C13H21N5. The van der Waals surface area contributed by atoms with Crippen molar-refractivity contribution in [1.29, 1.82) is 0 Å². The Labute approximate surface area is 109 Å². The van der Waals surface area contributed by atoms with Gasteiger partial charge in [-0.25, -0.2) is 9.97 Å². The van der Waals surface area contributed by atoms with Gasteiger partial charge in [0.05, 0.1) is 0 Å². The lowest BCUT2D eigenvalue weighted by molar-refractivity contribution is 0.257. The molecule has 0 radical (unpaired) electrons. The van der Waals surface area contributed by atoms with Gasteiger partial charge in [0.2, 0.25) is 5.95 Å². The Kier molecular flexibility index (Phi) is 5.11. The molecule has 1 fully saturated rings. The Bertz CT molecular complexity index is 346. The predicted molar refractivity (Wildman–Crippen MR) is 73.8 cm³/mol. The summed E-state index contributed by atoms with van der Waals surface area (Å²) >= 11 is 0. The van der Waals surface area contributed by atoms with Gasteiger partial charge in [-0.1, -0.05) is 6.08 Å². The highest BCUT2D eigenvalue weighted by atomic mass is 15.3. The normalized spacial score (nSPS) is 16.8. The third-order valence-electron chi connectivity index (χ3n) is 3.10. The average Bonchev–Trinajstić information content (AvgIpc) is 2.45. The summed E-state index contributed by atoms with van der Waals surface area (Å²) in [5, 5.41) is 3.33. The largest absolute Gasteiger partial charge is 0.338 e. The Morgan fingerprint density at radius 2 is 1.94 bits per heavy atom. The van der Waals surface area contributed by atoms with Crippen LogP contribution in [-0.4, -0.2) is 60.7 Å². The fourth-order valence-electron chi connectivity index (χ4n) is 2.07. The van der Waals surface area contributed by atoms with Crippen LogP contribution < -0.4 is 10.2 Å². The summed E-state index contributed by atoms with van der Waals surface area (Å²) in [7, 11) is 0. The van der Waals surface area contributed by atoms with Crippen molar-refractivity contribution >= 4 is 5.95 Å². The first kappa shape index (κ1) is 13.0. The Morgan fingerprint density at radius 3 is 2.61 bits per heavy atom. The lowest BCUT2D eigenvalue weighted by Gasteiger charge is -2.34. The molecule has 0 saturated carbocycles. The second-order valence-corrected chi connectivity index (χ2v) is 4.37. The minimum Gasteiger partial charge on any atom is -0.338 e. The molecule has 98 valence electrons. The molecule has 18 heavy (non-hydrogen) atoms. The lowest BCUT2D eigenvalue weighted by Crippen LogP contribution is -2.48. The van der Waals surface area contributed by atoms with Crippen molar-refractivity contribution in [2.24, 2.45) is 0 Å². The molecule has 1 aliphatic heterocycles. The van der Waals surface area contributed by atoms with Crippen molar-refractivity contribution in [3.63, 3.8) is 0 Å². The van der Waals surface area contributed by atoms with Crippen molar-refractivity contribution in [2.45, 2.75) is 0 Å². The summed E-state index contributed by atoms with van der Waals surface area (Å²) in [6.45, 7) is 10.9. The van der Waals surface area contributed by atoms with Crippen LogP contribution in [0.15, 0.2) is 31.1 Å². The fraction of sp³-hybridized carbons (Fsp3) is 0.538. The van der Waals surface area contributed by atoms with E-state index in [1.807, 2.05) is 12.1 Å². The number of anilines is 1. The first-order valence-electron chi connectivity index (χ1n) is 6.46. The zero-order chi connectivity index (χ0) is 12.6. The molecule has 0 spiro atoms. The molecule has 0 aromatic carbocycles. The molecule has 1 aromatic rings. The standard InChI is InChI=1S/C13H21N5/c1-2-4-14-7-8-17-9-11-18(12-10-17)13-15-5-3-6-16-13/h2-3,5-6,14H,1,4,7-12H2. The minimum atomic E-state index is 0.849. The van der Waals surface area contributed by atoms with E-state index < -0.39 is 0 Å². The molecule has 5 nitrogen and oxygen atoms in total. The molecular weight excluding hydrogens is 226 g/mol. The molecule has 1 aromatic heterocycles. The van der Waals surface area contributed by atoms with Gasteiger partial charge in [-0.2, -0.15) is 0 Å². The van der Waals surface area contributed by atoms with E-state index in [2.05, 4.69) is 31.7 Å². The van der Waals surface area contributed by atoms with Crippen LogP contribution in [0.4, 0.5) is 5.95 Å². The van der Waals surface area contributed by atoms with E-state index in [1.165, 1.54) is 0 Å². The zero-order valence-corrected chi connectivity index (χ0v) is 10.8. The second-order valence-electron chi connectivity index (χ2n) is 4.37. The van der Waals surface area contributed by atoms with E-state index in [4.69, 9.17) is 0 Å². The molecule has 1 aliphatic rings. The van der Waals surface area contributed by atoms with Gasteiger partial charge in [-0.3, -0.25) is 4.90 Å². The van der Waals surface area contributed by atoms with Gasteiger partial charge in [0.15, 0.2) is 0 Å². The van der Waals surface area contributed by atoms with Gasteiger partial charge in [-0.15, -0.1) is 6.58 Å². The van der Waals surface area contributed by atoms with Crippen LogP contribution in [0.25, 0.3) is 0 Å². The van der Waals surface area contributed by atoms with Crippen LogP contribution >= 0.6 is 0 Å². The van der Waals surface area contributed by atoms with Crippen LogP contribution in [0.5, 0.6) is 0 Å². The van der Waals surface area contributed by atoms with Crippen LogP contribution in [0, 0.1) is 0 Å². The van der Waals surface area contributed by atoms with Gasteiger partial charge >= 0.3 is 0 Å². The first-order chi connectivity index (χ1) is 8.90. The molecule has 1 saturated heterocycles. The van der Waals surface area contributed by atoms with Gasteiger partial charge in [-0.05, 0) is 6.07 Å². The van der Waals surface area contributed by atoms with E-state index >= 15 is 0 Å². The summed E-state index contributed by atoms with van der Waals surface area (Å²) in [4.78, 5) is 13.3. The van der Waals surface area contributed by atoms with Crippen LogP contribution in [0.2, 0.25) is 0 Å². The smallest absolute Gasteiger partial charge is 0.225 e. The van der Waals surface area contributed by atoms with Crippen molar-refractivity contribution in [3.8, 4) is 0 Å². The monoisotopic (exact) mass is 247 g/mol. The van der Waals surface area contributed by atoms with E-state index in [0.29, 0.717) is 0 Å². The van der Waals surface area contributed by atoms with E-state index in [9.17, 15) is 0 Å². The Hall–Kier alpha value is -1.46. The topological polar surface area (TPSA) is 44.3 Å². The number of rotatable bonds is 6. The highest BCUT2D eigenvalue weighted by molar-refractivity contribution is 5.29. The van der Waals surface area contributed by atoms with Gasteiger partial charge in [0, 0.05) is 58.2 Å². The van der Waals surface area contributed by atoms with E-state index in [1.54, 1.807) is 12.4 Å². The first-order valence-corrected chi connectivity index (χ1v) is 6.46. The molecule has 0 aliphatic carbocycles. The van der Waals surface area contributed by atoms with Crippen LogP contribution in [0.3, 0.4) is 0 Å². The van der Waals surface area contributed by atoms with Crippen LogP contribution in [-0.2, 0) is 0 Å². The Balaban J connectivity index is 1.70. The number of piperazine rings is 1. The third kappa shape index (κ3) is 3.78. The third-order valence-corrected chi connectivity index (χ3v) is 3.10. The molecule has 1 N–H and O–H groups in total. The van der Waals surface area contributed by atoms with Crippen molar-refractivity contribution in [3.05, 3.63) is 31.1 Å². The zero-order valence-electron chi connectivity index (χ0n) is 10.8. The number of hydrogen-bond acceptors (Lipinski definition) is 5. The Morgan fingerprint density at radius 1 is 1.22 bits per heavy atom. The molecule has 2 heterocycles. The van der Waals surface area contributed by atoms with Gasteiger partial charge < -0.3 is 10.2 Å². The molecule has 2 rings (SSSR count). The van der Waals surface area contributed by atoms with E-state index in [-0.39, 0.29) is 0 Å². The highest BCUT2D eigenvalue weighted by Gasteiger charge is 2.17. The maximum atomic E-state index is 4.29. The molecule has 0 amide bonds. The van der Waals surface area contributed by atoms with Crippen molar-refractivity contribution in [2.75, 3.05) is 50.7 Å². The molecule has 0 atom stereocenters. The number of nitrogens with one attached hydrogen (secondary N) is 1. The quantitative estimate of drug-likeness (QED) is 0.581. The molecule has 0 bridgehead atoms. The highest BCUT2D eigenvalue weighted by Crippen LogP contribution is 2.08. The number of aromatic nitrogens is 2. The minimum absolute atomic E-state index is 0.849. The summed E-state index contributed by atoms with van der Waals surface area (Å²) in [6.07, 6.45) is 5.49. The molecule has 5 heteroatoms. The SMILES string of the molecule is C=CCNCCN1CCN(c2ncccn2)CC1.